The van der Waals surface area contributed by atoms with Gasteiger partial charge in [-0.1, -0.05) is 32.9 Å². The molecule has 16 heavy (non-hydrogen) atoms. The number of H-pyrrole nitrogens is 1. The van der Waals surface area contributed by atoms with Gasteiger partial charge in [-0.25, -0.2) is 0 Å². The number of fused-ring (bicyclic) bond motifs is 1. The van der Waals surface area contributed by atoms with Gasteiger partial charge in [-0.05, 0) is 42.4 Å². The Morgan fingerprint density at radius 3 is 2.50 bits per heavy atom. The number of benzene rings is 1. The van der Waals surface area contributed by atoms with Crippen molar-refractivity contribution in [1.29, 1.82) is 0 Å². The molecule has 2 aromatic rings. The molecule has 0 radical (unpaired) electrons. The van der Waals surface area contributed by atoms with Gasteiger partial charge in [0, 0.05) is 17.1 Å². The number of aromatic amines is 1. The molecule has 0 spiro atoms. The summed E-state index contributed by atoms with van der Waals surface area (Å²) in [6.45, 7) is 9.12. The normalized spacial score (nSPS) is 12.2. The lowest BCUT2D eigenvalue weighted by Gasteiger charge is -2.26. The fourth-order valence-electron chi connectivity index (χ4n) is 2.47. The predicted octanol–water partition coefficient (Wildman–Crippen LogP) is 4.55. The molecule has 0 atom stereocenters. The fraction of sp³-hybridized carbons (Fsp3) is 0.467. The second-order valence-electron chi connectivity index (χ2n) is 4.97. The third-order valence-electron chi connectivity index (χ3n) is 4.13. The molecule has 1 N–H and O–H groups in total. The Bertz CT molecular complexity index is 489. The number of rotatable bonds is 3. The SMILES string of the molecule is CCC(C)(CC)c1c[nH]c2cccc(C)c12. The molecule has 0 saturated carbocycles. The van der Waals surface area contributed by atoms with Gasteiger partial charge in [0.15, 0.2) is 0 Å². The van der Waals surface area contributed by atoms with Crippen LogP contribution in [0.1, 0.15) is 44.7 Å². The van der Waals surface area contributed by atoms with Crippen LogP contribution in [0.15, 0.2) is 24.4 Å². The van der Waals surface area contributed by atoms with E-state index in [9.17, 15) is 0 Å². The van der Waals surface area contributed by atoms with Gasteiger partial charge in [0.2, 0.25) is 0 Å². The Morgan fingerprint density at radius 2 is 1.88 bits per heavy atom. The average Bonchev–Trinajstić information content (AvgIpc) is 2.74. The van der Waals surface area contributed by atoms with Crippen LogP contribution < -0.4 is 0 Å². The van der Waals surface area contributed by atoms with E-state index >= 15 is 0 Å². The third kappa shape index (κ3) is 1.55. The van der Waals surface area contributed by atoms with Crippen LogP contribution in [-0.2, 0) is 5.41 Å². The van der Waals surface area contributed by atoms with Crippen molar-refractivity contribution in [3.8, 4) is 0 Å². The van der Waals surface area contributed by atoms with E-state index in [2.05, 4.69) is 57.1 Å². The van der Waals surface area contributed by atoms with Crippen LogP contribution in [-0.4, -0.2) is 4.98 Å². The zero-order valence-electron chi connectivity index (χ0n) is 10.7. The maximum atomic E-state index is 3.40. The highest BCUT2D eigenvalue weighted by molar-refractivity contribution is 5.87. The molecule has 0 bridgehead atoms. The molecule has 86 valence electrons. The number of hydrogen-bond donors (Lipinski definition) is 1. The molecule has 1 aromatic heterocycles. The van der Waals surface area contributed by atoms with Crippen LogP contribution in [0.25, 0.3) is 10.9 Å². The summed E-state index contributed by atoms with van der Waals surface area (Å²) in [6, 6.07) is 6.48. The first-order valence-corrected chi connectivity index (χ1v) is 6.19. The van der Waals surface area contributed by atoms with Crippen molar-refractivity contribution in [3.63, 3.8) is 0 Å². The van der Waals surface area contributed by atoms with E-state index in [0.29, 0.717) is 5.41 Å². The summed E-state index contributed by atoms with van der Waals surface area (Å²) < 4.78 is 0. The highest BCUT2D eigenvalue weighted by Crippen LogP contribution is 2.37. The van der Waals surface area contributed by atoms with Gasteiger partial charge in [-0.2, -0.15) is 0 Å². The molecule has 1 heteroatoms. The molecule has 1 aromatic carbocycles. The molecule has 0 unspecified atom stereocenters. The summed E-state index contributed by atoms with van der Waals surface area (Å²) in [7, 11) is 0. The van der Waals surface area contributed by atoms with Gasteiger partial charge in [0.25, 0.3) is 0 Å². The minimum absolute atomic E-state index is 0.296. The molecule has 0 aliphatic carbocycles. The summed E-state index contributed by atoms with van der Waals surface area (Å²) in [5.74, 6) is 0. The lowest BCUT2D eigenvalue weighted by atomic mass is 9.77. The van der Waals surface area contributed by atoms with E-state index < -0.39 is 0 Å². The van der Waals surface area contributed by atoms with Crippen LogP contribution >= 0.6 is 0 Å². The van der Waals surface area contributed by atoms with Crippen LogP contribution in [0.4, 0.5) is 0 Å². The highest BCUT2D eigenvalue weighted by atomic mass is 14.7. The zero-order valence-corrected chi connectivity index (χ0v) is 10.7. The van der Waals surface area contributed by atoms with E-state index in [1.54, 1.807) is 0 Å². The maximum absolute atomic E-state index is 3.40. The van der Waals surface area contributed by atoms with Gasteiger partial charge in [0.05, 0.1) is 0 Å². The second-order valence-corrected chi connectivity index (χ2v) is 4.97. The van der Waals surface area contributed by atoms with Crippen molar-refractivity contribution in [2.45, 2.75) is 46.0 Å². The Morgan fingerprint density at radius 1 is 1.19 bits per heavy atom. The van der Waals surface area contributed by atoms with E-state index in [4.69, 9.17) is 0 Å². The van der Waals surface area contributed by atoms with Crippen molar-refractivity contribution < 1.29 is 0 Å². The molecule has 0 aliphatic heterocycles. The Balaban J connectivity index is 2.70. The minimum Gasteiger partial charge on any atom is -0.361 e. The Kier molecular flexibility index (Phi) is 2.79. The van der Waals surface area contributed by atoms with Gasteiger partial charge in [0.1, 0.15) is 0 Å². The highest BCUT2D eigenvalue weighted by Gasteiger charge is 2.25. The summed E-state index contributed by atoms with van der Waals surface area (Å²) in [4.78, 5) is 3.40. The number of nitrogens with one attached hydrogen (secondary N) is 1. The molecule has 2 rings (SSSR count). The molecule has 0 aliphatic rings. The van der Waals surface area contributed by atoms with Crippen LogP contribution in [0.5, 0.6) is 0 Å². The molecule has 0 saturated heterocycles. The summed E-state index contributed by atoms with van der Waals surface area (Å²) >= 11 is 0. The molecule has 0 amide bonds. The number of aryl methyl sites for hydroxylation is 1. The van der Waals surface area contributed by atoms with Gasteiger partial charge < -0.3 is 4.98 Å². The zero-order chi connectivity index (χ0) is 11.8. The largest absolute Gasteiger partial charge is 0.361 e. The van der Waals surface area contributed by atoms with Crippen molar-refractivity contribution in [1.82, 2.24) is 4.98 Å². The van der Waals surface area contributed by atoms with E-state index in [-0.39, 0.29) is 0 Å². The fourth-order valence-corrected chi connectivity index (χ4v) is 2.47. The van der Waals surface area contributed by atoms with Crippen LogP contribution in [0.2, 0.25) is 0 Å². The Hall–Kier alpha value is -1.24. The summed E-state index contributed by atoms with van der Waals surface area (Å²) in [5.41, 5.74) is 4.42. The monoisotopic (exact) mass is 215 g/mol. The van der Waals surface area contributed by atoms with E-state index in [1.807, 2.05) is 0 Å². The third-order valence-corrected chi connectivity index (χ3v) is 4.13. The predicted molar refractivity (Wildman–Crippen MR) is 71.0 cm³/mol. The lowest BCUT2D eigenvalue weighted by molar-refractivity contribution is 0.442. The van der Waals surface area contributed by atoms with Crippen molar-refractivity contribution in [2.75, 3.05) is 0 Å². The molecule has 1 heterocycles. The van der Waals surface area contributed by atoms with Gasteiger partial charge in [-0.15, -0.1) is 0 Å². The van der Waals surface area contributed by atoms with Crippen molar-refractivity contribution >= 4 is 10.9 Å². The molecular weight excluding hydrogens is 194 g/mol. The first-order valence-electron chi connectivity index (χ1n) is 6.19. The van der Waals surface area contributed by atoms with Gasteiger partial charge >= 0.3 is 0 Å². The standard InChI is InChI=1S/C15H21N/c1-5-15(4,6-2)12-10-16-13-9-7-8-11(3)14(12)13/h7-10,16H,5-6H2,1-4H3. The van der Waals surface area contributed by atoms with Crippen LogP contribution in [0.3, 0.4) is 0 Å². The second kappa shape index (κ2) is 3.97. The molecule has 1 nitrogen and oxygen atoms in total. The first-order chi connectivity index (χ1) is 7.62. The van der Waals surface area contributed by atoms with Gasteiger partial charge in [-0.3, -0.25) is 0 Å². The van der Waals surface area contributed by atoms with E-state index in [0.717, 1.165) is 0 Å². The summed E-state index contributed by atoms with van der Waals surface area (Å²) in [5, 5.41) is 1.42. The topological polar surface area (TPSA) is 15.8 Å². The molecule has 0 fully saturated rings. The average molecular weight is 215 g/mol. The quantitative estimate of drug-likeness (QED) is 0.773. The summed E-state index contributed by atoms with van der Waals surface area (Å²) in [6.07, 6.45) is 4.57. The molecular formula is C15H21N. The number of aromatic nitrogens is 1. The number of hydrogen-bond acceptors (Lipinski definition) is 0. The van der Waals surface area contributed by atoms with Crippen molar-refractivity contribution in [3.05, 3.63) is 35.5 Å². The minimum atomic E-state index is 0.296. The lowest BCUT2D eigenvalue weighted by Crippen LogP contribution is -2.19. The van der Waals surface area contributed by atoms with Crippen LogP contribution in [0, 0.1) is 6.92 Å². The van der Waals surface area contributed by atoms with Crippen molar-refractivity contribution in [2.24, 2.45) is 0 Å². The Labute approximate surface area is 97.9 Å². The first kappa shape index (κ1) is 11.3. The smallest absolute Gasteiger partial charge is 0.0459 e. The van der Waals surface area contributed by atoms with E-state index in [1.165, 1.54) is 34.9 Å². The maximum Gasteiger partial charge on any atom is 0.0459 e.